The summed E-state index contributed by atoms with van der Waals surface area (Å²) in [5.41, 5.74) is 0. The van der Waals surface area contributed by atoms with Crippen LogP contribution >= 0.6 is 0 Å². The normalized spacial score (nSPS) is 25.7. The molecule has 1 saturated heterocycles. The molecule has 15 heavy (non-hydrogen) atoms. The Hall–Kier alpha value is -1.30. The molecule has 0 unspecified atom stereocenters. The van der Waals surface area contributed by atoms with E-state index >= 15 is 0 Å². The molecule has 0 aromatic rings. The molecule has 0 aliphatic carbocycles. The van der Waals surface area contributed by atoms with Gasteiger partial charge >= 0.3 is 12.1 Å². The molecule has 1 rings (SSSR count). The van der Waals surface area contributed by atoms with Crippen molar-refractivity contribution in [3.8, 4) is 0 Å². The largest absolute Gasteiger partial charge is 0.480 e. The number of hydrogen-bond acceptors (Lipinski definition) is 4. The molecule has 0 spiro atoms. The molecule has 2 atom stereocenters. The average Bonchev–Trinajstić information content (AvgIpc) is 2.46. The number of rotatable bonds is 2. The van der Waals surface area contributed by atoms with E-state index in [1.165, 1.54) is 0 Å². The second kappa shape index (κ2) is 4.48. The van der Waals surface area contributed by atoms with Gasteiger partial charge in [0, 0.05) is 6.42 Å². The van der Waals surface area contributed by atoms with Crippen LogP contribution < -0.4 is 0 Å². The maximum Gasteiger partial charge on any atom is 0.410 e. The minimum atomic E-state index is -1.12. The Morgan fingerprint density at radius 3 is 2.53 bits per heavy atom. The van der Waals surface area contributed by atoms with Gasteiger partial charge in [0.25, 0.3) is 0 Å². The molecule has 1 heterocycles. The minimum Gasteiger partial charge on any atom is -0.480 e. The van der Waals surface area contributed by atoms with Gasteiger partial charge in [-0.15, -0.1) is 0 Å². The first-order chi connectivity index (χ1) is 6.91. The summed E-state index contributed by atoms with van der Waals surface area (Å²) in [7, 11) is 0. The molecule has 6 heteroatoms. The Morgan fingerprint density at radius 1 is 1.47 bits per heavy atom. The zero-order valence-electron chi connectivity index (χ0n) is 8.71. The molecule has 0 saturated carbocycles. The number of carbonyl (C=O) groups is 2. The molecular formula is C9H15NO5. The number of ether oxygens (including phenoxy) is 1. The van der Waals surface area contributed by atoms with Gasteiger partial charge in [-0.2, -0.15) is 0 Å². The van der Waals surface area contributed by atoms with Gasteiger partial charge in [-0.1, -0.05) is 0 Å². The summed E-state index contributed by atoms with van der Waals surface area (Å²) in [6, 6.07) is -0.980. The van der Waals surface area contributed by atoms with Crippen molar-refractivity contribution in [2.45, 2.75) is 38.5 Å². The van der Waals surface area contributed by atoms with Gasteiger partial charge in [0.05, 0.1) is 18.8 Å². The lowest BCUT2D eigenvalue weighted by Gasteiger charge is -2.21. The zero-order valence-corrected chi connectivity index (χ0v) is 8.71. The fourth-order valence-electron chi connectivity index (χ4n) is 1.52. The van der Waals surface area contributed by atoms with Crippen LogP contribution in [0.2, 0.25) is 0 Å². The monoisotopic (exact) mass is 217 g/mol. The first-order valence-corrected chi connectivity index (χ1v) is 4.80. The van der Waals surface area contributed by atoms with Gasteiger partial charge in [0.2, 0.25) is 0 Å². The summed E-state index contributed by atoms with van der Waals surface area (Å²) in [4.78, 5) is 23.3. The maximum atomic E-state index is 11.4. The van der Waals surface area contributed by atoms with Gasteiger partial charge in [0.1, 0.15) is 6.04 Å². The number of amides is 1. The van der Waals surface area contributed by atoms with Crippen molar-refractivity contribution in [3.63, 3.8) is 0 Å². The van der Waals surface area contributed by atoms with Crippen molar-refractivity contribution in [1.82, 2.24) is 4.90 Å². The summed E-state index contributed by atoms with van der Waals surface area (Å²) in [6.07, 6.45) is -1.72. The number of carboxylic acid groups (broad SMARTS) is 1. The Morgan fingerprint density at radius 2 is 2.07 bits per heavy atom. The lowest BCUT2D eigenvalue weighted by molar-refractivity contribution is -0.141. The Bertz CT molecular complexity index is 265. The molecule has 6 nitrogen and oxygen atoms in total. The Kier molecular flexibility index (Phi) is 3.52. The van der Waals surface area contributed by atoms with Crippen LogP contribution in [0.15, 0.2) is 0 Å². The number of likely N-dealkylation sites (tertiary alicyclic amines) is 1. The molecule has 1 aliphatic rings. The molecule has 1 amide bonds. The number of aliphatic hydroxyl groups excluding tert-OH is 1. The van der Waals surface area contributed by atoms with Crippen molar-refractivity contribution in [2.75, 3.05) is 6.54 Å². The highest BCUT2D eigenvalue weighted by Gasteiger charge is 2.39. The van der Waals surface area contributed by atoms with Gasteiger partial charge in [0.15, 0.2) is 0 Å². The first-order valence-electron chi connectivity index (χ1n) is 4.80. The van der Waals surface area contributed by atoms with E-state index < -0.39 is 24.2 Å². The van der Waals surface area contributed by atoms with E-state index in [9.17, 15) is 14.7 Å². The van der Waals surface area contributed by atoms with Crippen LogP contribution in [-0.4, -0.2) is 52.0 Å². The number of aliphatic hydroxyl groups is 1. The van der Waals surface area contributed by atoms with E-state index in [0.29, 0.717) is 0 Å². The highest BCUT2D eigenvalue weighted by atomic mass is 16.6. The number of aliphatic carboxylic acids is 1. The van der Waals surface area contributed by atoms with Crippen molar-refractivity contribution < 1.29 is 24.5 Å². The topological polar surface area (TPSA) is 87.1 Å². The molecule has 0 bridgehead atoms. The van der Waals surface area contributed by atoms with E-state index in [-0.39, 0.29) is 19.1 Å². The van der Waals surface area contributed by atoms with Gasteiger partial charge in [-0.3, -0.25) is 4.90 Å². The quantitative estimate of drug-likeness (QED) is 0.682. The van der Waals surface area contributed by atoms with Crippen molar-refractivity contribution in [1.29, 1.82) is 0 Å². The Labute approximate surface area is 87.4 Å². The second-order valence-electron chi connectivity index (χ2n) is 3.83. The van der Waals surface area contributed by atoms with Gasteiger partial charge < -0.3 is 14.9 Å². The minimum absolute atomic E-state index is 0.0164. The molecule has 0 aromatic carbocycles. The third-order valence-electron chi connectivity index (χ3n) is 2.14. The summed E-state index contributed by atoms with van der Waals surface area (Å²) in [6.45, 7) is 3.38. The maximum absolute atomic E-state index is 11.4. The predicted molar refractivity (Wildman–Crippen MR) is 50.4 cm³/mol. The predicted octanol–water partition coefficient (Wildman–Crippen LogP) is 0.0512. The first kappa shape index (κ1) is 11.8. The van der Waals surface area contributed by atoms with Gasteiger partial charge in [-0.25, -0.2) is 9.59 Å². The SMILES string of the molecule is CC(C)OC(=O)N1C[C@@H](O)C[C@H]1C(=O)O. The third-order valence-corrected chi connectivity index (χ3v) is 2.14. The van der Waals surface area contributed by atoms with E-state index in [1.807, 2.05) is 0 Å². The summed E-state index contributed by atoms with van der Waals surface area (Å²) < 4.78 is 4.88. The van der Waals surface area contributed by atoms with E-state index in [4.69, 9.17) is 9.84 Å². The standard InChI is InChI=1S/C9H15NO5/c1-5(2)15-9(14)10-4-6(11)3-7(10)8(12)13/h5-7,11H,3-4H2,1-2H3,(H,12,13)/t6-,7-/m0/s1. The van der Waals surface area contributed by atoms with Crippen molar-refractivity contribution in [2.24, 2.45) is 0 Å². The highest BCUT2D eigenvalue weighted by Crippen LogP contribution is 2.19. The third kappa shape index (κ3) is 2.82. The van der Waals surface area contributed by atoms with Gasteiger partial charge in [-0.05, 0) is 13.8 Å². The summed E-state index contributed by atoms with van der Waals surface area (Å²) >= 11 is 0. The molecule has 0 radical (unpaired) electrons. The van der Waals surface area contributed by atoms with Crippen molar-refractivity contribution >= 4 is 12.1 Å². The molecular weight excluding hydrogens is 202 g/mol. The average molecular weight is 217 g/mol. The van der Waals surface area contributed by atoms with Crippen LogP contribution in [-0.2, 0) is 9.53 Å². The summed E-state index contributed by atoms with van der Waals surface area (Å²) in [5, 5.41) is 18.1. The Balaban J connectivity index is 2.66. The van der Waals surface area contributed by atoms with E-state index in [1.54, 1.807) is 13.8 Å². The van der Waals surface area contributed by atoms with Crippen LogP contribution in [0, 0.1) is 0 Å². The highest BCUT2D eigenvalue weighted by molar-refractivity contribution is 5.80. The zero-order chi connectivity index (χ0) is 11.6. The molecule has 1 fully saturated rings. The molecule has 86 valence electrons. The second-order valence-corrected chi connectivity index (χ2v) is 3.83. The number of carboxylic acids is 1. The summed E-state index contributed by atoms with van der Waals surface area (Å²) in [5.74, 6) is -1.12. The van der Waals surface area contributed by atoms with Crippen LogP contribution in [0.3, 0.4) is 0 Å². The van der Waals surface area contributed by atoms with Crippen molar-refractivity contribution in [3.05, 3.63) is 0 Å². The molecule has 2 N–H and O–H groups in total. The number of carbonyl (C=O) groups excluding carboxylic acids is 1. The van der Waals surface area contributed by atoms with Crippen LogP contribution in [0.1, 0.15) is 20.3 Å². The fourth-order valence-corrected chi connectivity index (χ4v) is 1.52. The molecule has 0 aromatic heterocycles. The lowest BCUT2D eigenvalue weighted by atomic mass is 10.2. The fraction of sp³-hybridized carbons (Fsp3) is 0.778. The van der Waals surface area contributed by atoms with Crippen LogP contribution in [0.5, 0.6) is 0 Å². The van der Waals surface area contributed by atoms with Crippen LogP contribution in [0.4, 0.5) is 4.79 Å². The number of nitrogens with zero attached hydrogens (tertiary/aromatic N) is 1. The lowest BCUT2D eigenvalue weighted by Crippen LogP contribution is -2.41. The smallest absolute Gasteiger partial charge is 0.410 e. The van der Waals surface area contributed by atoms with E-state index in [2.05, 4.69) is 0 Å². The molecule has 1 aliphatic heterocycles. The number of hydrogen-bond donors (Lipinski definition) is 2. The van der Waals surface area contributed by atoms with Crippen LogP contribution in [0.25, 0.3) is 0 Å². The van der Waals surface area contributed by atoms with E-state index in [0.717, 1.165) is 4.90 Å². The number of β-amino-alcohol motifs (C(OH)–C–C–N with tert-alkyl or cyclic N) is 1.